The van der Waals surface area contributed by atoms with Crippen LogP contribution < -0.4 is 76.7 Å². The maximum atomic E-state index is 9.89. The van der Waals surface area contributed by atoms with Crippen molar-refractivity contribution in [3.63, 3.8) is 0 Å². The average Bonchev–Trinajstić information content (AvgIpc) is 1.16. The molecule has 576 valence electrons. The van der Waals surface area contributed by atoms with Crippen LogP contribution in [0.5, 0.6) is 0 Å². The maximum Gasteiger partial charge on any atom is 0.171 e. The van der Waals surface area contributed by atoms with Gasteiger partial charge in [0.05, 0.1) is 0 Å². The fourth-order valence-corrected chi connectivity index (χ4v) is 9.06. The third-order valence-electron chi connectivity index (χ3n) is 14.2. The van der Waals surface area contributed by atoms with E-state index >= 15 is 0 Å². The number of aryl methyl sites for hydroxylation is 16. The summed E-state index contributed by atoms with van der Waals surface area (Å²) in [5.41, 5.74) is 10.7. The van der Waals surface area contributed by atoms with Crippen LogP contribution in [0.15, 0.2) is 196 Å². The van der Waals surface area contributed by atoms with E-state index in [1.807, 2.05) is 0 Å². The third kappa shape index (κ3) is 76.0. The average molecular weight is 1450 g/mol. The van der Waals surface area contributed by atoms with Gasteiger partial charge in [-0.2, -0.15) is 0 Å². The van der Waals surface area contributed by atoms with E-state index in [2.05, 4.69) is 344 Å². The quantitative estimate of drug-likeness (QED) is 0.0339. The number of hydrogen-bond donors (Lipinski definition) is 0. The van der Waals surface area contributed by atoms with Crippen molar-refractivity contribution in [2.24, 2.45) is 0 Å². The zero-order chi connectivity index (χ0) is 79.1. The highest BCUT2D eigenvalue weighted by molar-refractivity contribution is 6.27. The topological polar surface area (TPSA) is 216 Å². The van der Waals surface area contributed by atoms with E-state index in [0.717, 1.165) is 52.4 Å². The molecule has 0 spiro atoms. The molecule has 0 saturated carbocycles. The Morgan fingerprint density at radius 3 is 0.365 bits per heavy atom. The van der Waals surface area contributed by atoms with Gasteiger partial charge in [-0.15, -0.1) is 0 Å². The van der Waals surface area contributed by atoms with Gasteiger partial charge < -0.3 is 57.5 Å². The standard InChI is InChI=1S/8C10H16N.4BFO2/c8*1-3-4-7-11-8-5-6-10(2)9-11;4*2-1(3)4/h8*5-6,8-9H,3-4,7H2,1-2H3;;;;/q8*+1;4*-2. The van der Waals surface area contributed by atoms with Gasteiger partial charge in [0.1, 0.15) is 81.9 Å². The largest absolute Gasteiger partial charge is 0.867 e. The van der Waals surface area contributed by atoms with Crippen LogP contribution in [0, 0.1) is 55.4 Å². The summed E-state index contributed by atoms with van der Waals surface area (Å²) in [6, 6.07) is 33.8. The van der Waals surface area contributed by atoms with Crippen molar-refractivity contribution in [1.82, 2.24) is 0 Å². The first-order valence-electron chi connectivity index (χ1n) is 37.0. The first-order valence-corrected chi connectivity index (χ1v) is 37.0. The number of rotatable bonds is 24. The second-order valence-electron chi connectivity index (χ2n) is 24.9. The summed E-state index contributed by atoms with van der Waals surface area (Å²) in [4.78, 5) is 0. The highest BCUT2D eigenvalue weighted by Crippen LogP contribution is 1.98. The molecule has 8 aromatic rings. The molecule has 8 rings (SSSR count). The van der Waals surface area contributed by atoms with Crippen molar-refractivity contribution in [2.45, 2.75) is 266 Å². The van der Waals surface area contributed by atoms with Crippen molar-refractivity contribution < 1.29 is 94.0 Å². The van der Waals surface area contributed by atoms with E-state index in [4.69, 9.17) is 40.2 Å². The molecule has 0 bridgehead atoms. The molecule has 0 atom stereocenters. The van der Waals surface area contributed by atoms with Gasteiger partial charge in [0.15, 0.2) is 99.1 Å². The number of aromatic nitrogens is 8. The Kier molecular flexibility index (Phi) is 72.2. The van der Waals surface area contributed by atoms with Gasteiger partial charge in [0, 0.05) is 144 Å². The number of pyridine rings is 8. The summed E-state index contributed by atoms with van der Waals surface area (Å²) >= 11 is 0. The highest BCUT2D eigenvalue weighted by Gasteiger charge is 2.04. The predicted octanol–water partition coefficient (Wildman–Crippen LogP) is 7.31. The van der Waals surface area contributed by atoms with Gasteiger partial charge >= 0.3 is 0 Å². The Morgan fingerprint density at radius 1 is 0.212 bits per heavy atom. The number of hydrogen-bond acceptors (Lipinski definition) is 8. The second kappa shape index (κ2) is 72.8. The van der Waals surface area contributed by atoms with E-state index < -0.39 is 29.6 Å². The van der Waals surface area contributed by atoms with Gasteiger partial charge in [-0.1, -0.05) is 107 Å². The molecule has 16 nitrogen and oxygen atoms in total. The van der Waals surface area contributed by atoms with Gasteiger partial charge in [0.2, 0.25) is 0 Å². The summed E-state index contributed by atoms with van der Waals surface area (Å²) in [6.07, 6.45) is 54.8. The molecule has 0 radical (unpaired) electrons. The SMILES string of the molecule is CCCC[n+]1cccc(C)c1.CCCC[n+]1cccc(C)c1.CCCC[n+]1cccc(C)c1.CCCC[n+]1cccc(C)c1.CCCC[n+]1cccc(C)c1.CCCC[n+]1cccc(C)c1.CCCC[n+]1cccc(C)c1.CCCC[n+]1cccc(C)c1.[O-]B([O-])F.[O-]B([O-])F.[O-]B([O-])F.[O-]B([O-])F. The Balaban J connectivity index is -0.000000533. The van der Waals surface area contributed by atoms with Gasteiger partial charge in [-0.05, 0) is 104 Å². The van der Waals surface area contributed by atoms with Crippen molar-refractivity contribution >= 4 is 29.6 Å². The lowest BCUT2D eigenvalue weighted by Crippen LogP contribution is -2.39. The van der Waals surface area contributed by atoms with Crippen LogP contribution in [0.25, 0.3) is 0 Å². The Labute approximate surface area is 627 Å². The van der Waals surface area contributed by atoms with E-state index in [1.54, 1.807) is 0 Å². The predicted molar refractivity (Wildman–Crippen MR) is 398 cm³/mol. The summed E-state index contributed by atoms with van der Waals surface area (Å²) in [6.45, 7) is 44.0. The monoisotopic (exact) mass is 1450 g/mol. The number of nitrogens with zero attached hydrogens (tertiary/aromatic N) is 8. The molecule has 0 unspecified atom stereocenters. The molecule has 0 fully saturated rings. The lowest BCUT2D eigenvalue weighted by Gasteiger charge is -2.09. The van der Waals surface area contributed by atoms with E-state index in [9.17, 15) is 17.3 Å². The van der Waals surface area contributed by atoms with Gasteiger partial charge in [-0.3, -0.25) is 0 Å². The van der Waals surface area contributed by atoms with E-state index in [-0.39, 0.29) is 0 Å². The molecule has 0 aliphatic carbocycles. The molecular weight excluding hydrogens is 1320 g/mol. The fourth-order valence-electron chi connectivity index (χ4n) is 9.06. The van der Waals surface area contributed by atoms with Crippen LogP contribution in [0.2, 0.25) is 0 Å². The number of halogens is 4. The zero-order valence-electron chi connectivity index (χ0n) is 66.1. The molecule has 0 aliphatic heterocycles. The van der Waals surface area contributed by atoms with Crippen LogP contribution >= 0.6 is 0 Å². The van der Waals surface area contributed by atoms with Crippen LogP contribution in [0.3, 0.4) is 0 Å². The van der Waals surface area contributed by atoms with E-state index in [0.29, 0.717) is 0 Å². The molecule has 0 aromatic carbocycles. The minimum absolute atomic E-state index is 1.15. The molecule has 0 N–H and O–H groups in total. The maximum absolute atomic E-state index is 9.89. The molecular formula is C80H128B4F4N8O8. The minimum atomic E-state index is -3.17. The Morgan fingerprint density at radius 2 is 0.298 bits per heavy atom. The minimum Gasteiger partial charge on any atom is -0.867 e. The van der Waals surface area contributed by atoms with Crippen LogP contribution in [0.1, 0.15) is 203 Å². The Bertz CT molecular complexity index is 2600. The van der Waals surface area contributed by atoms with Crippen molar-refractivity contribution in [3.8, 4) is 0 Å². The first kappa shape index (κ1) is 103. The van der Waals surface area contributed by atoms with Crippen molar-refractivity contribution in [2.75, 3.05) is 0 Å². The molecule has 0 aliphatic rings. The fraction of sp³-hybridized carbons (Fsp3) is 0.500. The zero-order valence-corrected chi connectivity index (χ0v) is 66.1. The highest BCUT2D eigenvalue weighted by atomic mass is 19.1. The molecule has 0 saturated heterocycles. The normalized spacial score (nSPS) is 9.50. The first-order chi connectivity index (χ1) is 49.5. The Hall–Kier alpha value is -7.14. The van der Waals surface area contributed by atoms with Crippen LogP contribution in [-0.4, -0.2) is 29.6 Å². The lowest BCUT2D eigenvalue weighted by molar-refractivity contribution is -0.697. The van der Waals surface area contributed by atoms with Gasteiger partial charge in [-0.25, -0.2) is 36.5 Å². The summed E-state index contributed by atoms with van der Waals surface area (Å²) < 4.78 is 57.5. The van der Waals surface area contributed by atoms with E-state index in [1.165, 1.54) is 147 Å². The van der Waals surface area contributed by atoms with Crippen molar-refractivity contribution in [1.29, 1.82) is 0 Å². The molecule has 24 heteroatoms. The lowest BCUT2D eigenvalue weighted by atomic mass is 10.3. The van der Waals surface area contributed by atoms with Crippen LogP contribution in [0.4, 0.5) is 17.3 Å². The summed E-state index contributed by atoms with van der Waals surface area (Å²) in [5.74, 6) is 0. The summed E-state index contributed by atoms with van der Waals surface area (Å²) in [5, 5.41) is 66.4. The molecule has 8 aromatic heterocycles. The smallest absolute Gasteiger partial charge is 0.171 e. The second-order valence-corrected chi connectivity index (χ2v) is 24.9. The third-order valence-corrected chi connectivity index (χ3v) is 14.2. The summed E-state index contributed by atoms with van der Waals surface area (Å²) in [7, 11) is -12.7. The van der Waals surface area contributed by atoms with Crippen molar-refractivity contribution in [3.05, 3.63) is 241 Å². The number of unbranched alkanes of at least 4 members (excludes halogenated alkanes) is 8. The van der Waals surface area contributed by atoms with Crippen LogP contribution in [-0.2, 0) is 52.4 Å². The molecule has 0 amide bonds. The molecule has 8 heterocycles. The van der Waals surface area contributed by atoms with Gasteiger partial charge in [0.25, 0.3) is 0 Å². The molecule has 104 heavy (non-hydrogen) atoms.